The molecular formula is C18H32N2O2. The first kappa shape index (κ1) is 17.3. The Bertz CT molecular complexity index is 377. The van der Waals surface area contributed by atoms with Crippen LogP contribution in [0.5, 0.6) is 0 Å². The fraction of sp³-hybridized carbons (Fsp3) is 0.889. The molecule has 0 aromatic rings. The van der Waals surface area contributed by atoms with Crippen molar-refractivity contribution in [1.82, 2.24) is 10.2 Å². The molecule has 22 heavy (non-hydrogen) atoms. The zero-order valence-corrected chi connectivity index (χ0v) is 14.3. The largest absolute Gasteiger partial charge is 0.356 e. The molecule has 1 aliphatic carbocycles. The molecule has 1 aliphatic heterocycles. The van der Waals surface area contributed by atoms with Crippen LogP contribution < -0.4 is 5.32 Å². The van der Waals surface area contributed by atoms with Crippen LogP contribution in [0.3, 0.4) is 0 Å². The number of nitrogens with one attached hydrogen (secondary N) is 1. The van der Waals surface area contributed by atoms with Gasteiger partial charge in [0.15, 0.2) is 0 Å². The first-order chi connectivity index (χ1) is 10.7. The van der Waals surface area contributed by atoms with E-state index < -0.39 is 0 Å². The van der Waals surface area contributed by atoms with Gasteiger partial charge in [0.25, 0.3) is 0 Å². The minimum Gasteiger partial charge on any atom is -0.356 e. The van der Waals surface area contributed by atoms with Crippen LogP contribution in [0.25, 0.3) is 0 Å². The molecule has 126 valence electrons. The standard InChI is InChI=1S/C18H32N2O2/c1-3-5-8-14(4-2)12-19-18(22)15-11-17(21)20(13-15)16-9-6-7-10-16/h14-16H,3-13H2,1-2H3,(H,19,22). The highest BCUT2D eigenvalue weighted by Crippen LogP contribution is 2.29. The molecule has 0 radical (unpaired) electrons. The van der Waals surface area contributed by atoms with E-state index in [0.717, 1.165) is 25.8 Å². The average Bonchev–Trinajstić information content (AvgIpc) is 3.16. The third-order valence-corrected chi connectivity index (χ3v) is 5.40. The minimum atomic E-state index is -0.128. The first-order valence-electron chi connectivity index (χ1n) is 9.22. The Morgan fingerprint density at radius 1 is 1.32 bits per heavy atom. The van der Waals surface area contributed by atoms with E-state index >= 15 is 0 Å². The maximum atomic E-state index is 12.4. The lowest BCUT2D eigenvalue weighted by molar-refractivity contribution is -0.130. The molecule has 2 atom stereocenters. The summed E-state index contributed by atoms with van der Waals surface area (Å²) >= 11 is 0. The smallest absolute Gasteiger partial charge is 0.225 e. The topological polar surface area (TPSA) is 49.4 Å². The molecule has 4 heteroatoms. The zero-order valence-electron chi connectivity index (χ0n) is 14.3. The molecule has 2 unspecified atom stereocenters. The molecule has 0 bridgehead atoms. The summed E-state index contributed by atoms with van der Waals surface area (Å²) < 4.78 is 0. The summed E-state index contributed by atoms with van der Waals surface area (Å²) in [5.74, 6) is 0.720. The molecule has 2 fully saturated rings. The third-order valence-electron chi connectivity index (χ3n) is 5.40. The predicted octanol–water partition coefficient (Wildman–Crippen LogP) is 3.11. The second-order valence-corrected chi connectivity index (χ2v) is 7.05. The number of rotatable bonds is 8. The molecule has 2 rings (SSSR count). The SMILES string of the molecule is CCCCC(CC)CNC(=O)C1CC(=O)N(C2CCCC2)C1. The Hall–Kier alpha value is -1.06. The molecule has 4 nitrogen and oxygen atoms in total. The molecule has 1 saturated carbocycles. The lowest BCUT2D eigenvalue weighted by Crippen LogP contribution is -2.38. The normalized spacial score (nSPS) is 24.0. The van der Waals surface area contributed by atoms with E-state index in [1.807, 2.05) is 4.90 Å². The van der Waals surface area contributed by atoms with Crippen molar-refractivity contribution >= 4 is 11.8 Å². The van der Waals surface area contributed by atoms with Gasteiger partial charge in [0.2, 0.25) is 11.8 Å². The summed E-state index contributed by atoms with van der Waals surface area (Å²) in [6, 6.07) is 0.401. The van der Waals surface area contributed by atoms with Gasteiger partial charge < -0.3 is 10.2 Å². The Morgan fingerprint density at radius 2 is 2.05 bits per heavy atom. The van der Waals surface area contributed by atoms with Gasteiger partial charge in [-0.2, -0.15) is 0 Å². The molecule has 2 amide bonds. The molecule has 0 aromatic carbocycles. The molecular weight excluding hydrogens is 276 g/mol. The molecule has 1 saturated heterocycles. The van der Waals surface area contributed by atoms with Crippen LogP contribution in [0.4, 0.5) is 0 Å². The summed E-state index contributed by atoms with van der Waals surface area (Å²) in [4.78, 5) is 26.5. The number of unbranched alkanes of at least 4 members (excludes halogenated alkanes) is 1. The maximum absolute atomic E-state index is 12.4. The van der Waals surface area contributed by atoms with Crippen LogP contribution in [0, 0.1) is 11.8 Å². The number of carbonyl (C=O) groups excluding carboxylic acids is 2. The first-order valence-corrected chi connectivity index (χ1v) is 9.22. The fourth-order valence-corrected chi connectivity index (χ4v) is 3.81. The number of hydrogen-bond donors (Lipinski definition) is 1. The van der Waals surface area contributed by atoms with Crippen molar-refractivity contribution in [1.29, 1.82) is 0 Å². The number of amides is 2. The Balaban J connectivity index is 1.77. The Labute approximate surface area is 135 Å². The lowest BCUT2D eigenvalue weighted by atomic mass is 9.99. The van der Waals surface area contributed by atoms with Crippen LogP contribution in [-0.4, -0.2) is 35.8 Å². The summed E-state index contributed by atoms with van der Waals surface area (Å²) in [6.07, 6.45) is 9.83. The van der Waals surface area contributed by atoms with Crippen molar-refractivity contribution < 1.29 is 9.59 Å². The van der Waals surface area contributed by atoms with E-state index in [1.54, 1.807) is 0 Å². The second kappa shape index (κ2) is 8.54. The number of likely N-dealkylation sites (tertiary alicyclic amines) is 1. The van der Waals surface area contributed by atoms with Gasteiger partial charge in [0, 0.05) is 25.6 Å². The van der Waals surface area contributed by atoms with Gasteiger partial charge in [0.05, 0.1) is 5.92 Å². The number of hydrogen-bond acceptors (Lipinski definition) is 2. The van der Waals surface area contributed by atoms with Crippen molar-refractivity contribution in [2.75, 3.05) is 13.1 Å². The maximum Gasteiger partial charge on any atom is 0.225 e. The van der Waals surface area contributed by atoms with Gasteiger partial charge in [-0.05, 0) is 25.2 Å². The quantitative estimate of drug-likeness (QED) is 0.749. The molecule has 1 heterocycles. The minimum absolute atomic E-state index is 0.0868. The van der Waals surface area contributed by atoms with Crippen LogP contribution in [0.15, 0.2) is 0 Å². The van der Waals surface area contributed by atoms with E-state index in [-0.39, 0.29) is 17.7 Å². The molecule has 0 spiro atoms. The number of carbonyl (C=O) groups is 2. The highest BCUT2D eigenvalue weighted by atomic mass is 16.2. The second-order valence-electron chi connectivity index (χ2n) is 7.05. The van der Waals surface area contributed by atoms with Crippen molar-refractivity contribution in [3.05, 3.63) is 0 Å². The molecule has 0 aromatic heterocycles. The lowest BCUT2D eigenvalue weighted by Gasteiger charge is -2.24. The van der Waals surface area contributed by atoms with E-state index in [2.05, 4.69) is 19.2 Å². The van der Waals surface area contributed by atoms with E-state index in [0.29, 0.717) is 24.9 Å². The zero-order chi connectivity index (χ0) is 15.9. The summed E-state index contributed by atoms with van der Waals surface area (Å²) in [5, 5.41) is 3.10. The van der Waals surface area contributed by atoms with Gasteiger partial charge in [-0.3, -0.25) is 9.59 Å². The third kappa shape index (κ3) is 4.47. The van der Waals surface area contributed by atoms with Crippen molar-refractivity contribution in [2.24, 2.45) is 11.8 Å². The van der Waals surface area contributed by atoms with Gasteiger partial charge in [0.1, 0.15) is 0 Å². The molecule has 1 N–H and O–H groups in total. The van der Waals surface area contributed by atoms with Crippen LogP contribution in [0.2, 0.25) is 0 Å². The highest BCUT2D eigenvalue weighted by Gasteiger charge is 2.38. The van der Waals surface area contributed by atoms with Crippen LogP contribution >= 0.6 is 0 Å². The van der Waals surface area contributed by atoms with Gasteiger partial charge in [-0.15, -0.1) is 0 Å². The van der Waals surface area contributed by atoms with Crippen molar-refractivity contribution in [3.63, 3.8) is 0 Å². The van der Waals surface area contributed by atoms with Crippen LogP contribution in [0.1, 0.15) is 71.6 Å². The monoisotopic (exact) mass is 308 g/mol. The number of nitrogens with zero attached hydrogens (tertiary/aromatic N) is 1. The van der Waals surface area contributed by atoms with E-state index in [1.165, 1.54) is 32.1 Å². The Kier molecular flexibility index (Phi) is 6.71. The molecule has 2 aliphatic rings. The van der Waals surface area contributed by atoms with Gasteiger partial charge >= 0.3 is 0 Å². The van der Waals surface area contributed by atoms with Crippen molar-refractivity contribution in [2.45, 2.75) is 77.7 Å². The fourth-order valence-electron chi connectivity index (χ4n) is 3.81. The van der Waals surface area contributed by atoms with Gasteiger partial charge in [-0.25, -0.2) is 0 Å². The predicted molar refractivity (Wildman–Crippen MR) is 88.4 cm³/mol. The van der Waals surface area contributed by atoms with Crippen molar-refractivity contribution in [3.8, 4) is 0 Å². The van der Waals surface area contributed by atoms with E-state index in [4.69, 9.17) is 0 Å². The van der Waals surface area contributed by atoms with Crippen LogP contribution in [-0.2, 0) is 9.59 Å². The average molecular weight is 308 g/mol. The summed E-state index contributed by atoms with van der Waals surface area (Å²) in [5.41, 5.74) is 0. The summed E-state index contributed by atoms with van der Waals surface area (Å²) in [6.45, 7) is 5.80. The highest BCUT2D eigenvalue weighted by molar-refractivity contribution is 5.89. The Morgan fingerprint density at radius 3 is 2.68 bits per heavy atom. The van der Waals surface area contributed by atoms with E-state index in [9.17, 15) is 9.59 Å². The summed E-state index contributed by atoms with van der Waals surface area (Å²) in [7, 11) is 0. The van der Waals surface area contributed by atoms with Gasteiger partial charge in [-0.1, -0.05) is 46.0 Å².